The van der Waals surface area contributed by atoms with Gasteiger partial charge in [-0.2, -0.15) is 0 Å². The number of hydrogen-bond acceptors (Lipinski definition) is 3. The predicted octanol–water partition coefficient (Wildman–Crippen LogP) is 3.40. The monoisotopic (exact) mass is 365 g/mol. The number of anilines is 2. The van der Waals surface area contributed by atoms with E-state index < -0.39 is 0 Å². The van der Waals surface area contributed by atoms with Gasteiger partial charge in [-0.15, -0.1) is 0 Å². The van der Waals surface area contributed by atoms with E-state index in [4.69, 9.17) is 22.7 Å². The summed E-state index contributed by atoms with van der Waals surface area (Å²) in [5.41, 5.74) is 7.25. The number of nitrogen functional groups attached to an aromatic ring is 1. The first kappa shape index (κ1) is 15.6. The maximum Gasteiger partial charge on any atom is 0.170 e. The Labute approximate surface area is 137 Å². The summed E-state index contributed by atoms with van der Waals surface area (Å²) < 4.78 is 6.62. The summed E-state index contributed by atoms with van der Waals surface area (Å²) in [6.07, 6.45) is 0. The first-order chi connectivity index (χ1) is 10.1. The van der Waals surface area contributed by atoms with Gasteiger partial charge < -0.3 is 21.1 Å². The van der Waals surface area contributed by atoms with Gasteiger partial charge in [0.1, 0.15) is 12.4 Å². The number of hydrogen-bond donors (Lipinski definition) is 3. The predicted molar refractivity (Wildman–Crippen MR) is 94.7 cm³/mol. The van der Waals surface area contributed by atoms with Gasteiger partial charge in [-0.3, -0.25) is 0 Å². The second-order valence-corrected chi connectivity index (χ2v) is 5.63. The van der Waals surface area contributed by atoms with Gasteiger partial charge in [-0.1, -0.05) is 15.9 Å². The van der Waals surface area contributed by atoms with Crippen molar-refractivity contribution in [1.29, 1.82) is 0 Å². The second kappa shape index (κ2) is 7.85. The van der Waals surface area contributed by atoms with Crippen molar-refractivity contribution < 1.29 is 4.74 Å². The van der Waals surface area contributed by atoms with E-state index in [1.165, 1.54) is 0 Å². The Kier molecular flexibility index (Phi) is 5.83. The third-order valence-corrected chi connectivity index (χ3v) is 3.41. The summed E-state index contributed by atoms with van der Waals surface area (Å²) in [7, 11) is 0. The molecule has 2 rings (SSSR count). The van der Waals surface area contributed by atoms with Gasteiger partial charge >= 0.3 is 0 Å². The van der Waals surface area contributed by atoms with Crippen LogP contribution in [0.2, 0.25) is 0 Å². The lowest BCUT2D eigenvalue weighted by Gasteiger charge is -2.11. The smallest absolute Gasteiger partial charge is 0.170 e. The molecular weight excluding hydrogens is 350 g/mol. The fourth-order valence-electron chi connectivity index (χ4n) is 1.61. The number of nitrogens with two attached hydrogens (primary N) is 1. The van der Waals surface area contributed by atoms with E-state index in [0.29, 0.717) is 18.3 Å². The molecule has 21 heavy (non-hydrogen) atoms. The molecule has 4 N–H and O–H groups in total. The Morgan fingerprint density at radius 3 is 2.43 bits per heavy atom. The maximum absolute atomic E-state index is 5.62. The van der Waals surface area contributed by atoms with Crippen molar-refractivity contribution in [3.05, 3.63) is 53.0 Å². The lowest BCUT2D eigenvalue weighted by Crippen LogP contribution is -2.31. The Morgan fingerprint density at radius 1 is 1.10 bits per heavy atom. The van der Waals surface area contributed by atoms with Crippen LogP contribution in [-0.4, -0.2) is 18.3 Å². The maximum atomic E-state index is 5.62. The number of thiocarbonyl (C=S) groups is 1. The number of ether oxygens (including phenoxy) is 1. The lowest BCUT2D eigenvalue weighted by atomic mass is 10.3. The minimum atomic E-state index is 0.533. The zero-order valence-corrected chi connectivity index (χ0v) is 13.7. The number of rotatable bonds is 5. The molecule has 0 aromatic heterocycles. The van der Waals surface area contributed by atoms with Crippen molar-refractivity contribution in [3.8, 4) is 5.75 Å². The van der Waals surface area contributed by atoms with Crippen LogP contribution in [0.5, 0.6) is 5.75 Å². The van der Waals surface area contributed by atoms with Crippen LogP contribution in [0.25, 0.3) is 0 Å². The fraction of sp³-hybridized carbons (Fsp3) is 0.133. The average Bonchev–Trinajstić information content (AvgIpc) is 2.48. The van der Waals surface area contributed by atoms with Crippen molar-refractivity contribution in [2.45, 2.75) is 0 Å². The van der Waals surface area contributed by atoms with Gasteiger partial charge in [-0.05, 0) is 60.7 Å². The number of benzene rings is 2. The zero-order valence-electron chi connectivity index (χ0n) is 11.3. The molecule has 2 aromatic rings. The van der Waals surface area contributed by atoms with E-state index in [1.807, 2.05) is 48.5 Å². The highest BCUT2D eigenvalue weighted by molar-refractivity contribution is 9.10. The average molecular weight is 366 g/mol. The molecule has 0 aliphatic heterocycles. The molecular formula is C15H16BrN3OS. The SMILES string of the molecule is Nc1ccc(NC(=S)NCCOc2ccc(Br)cc2)cc1. The number of halogens is 1. The van der Waals surface area contributed by atoms with Gasteiger partial charge in [0.25, 0.3) is 0 Å². The molecule has 110 valence electrons. The Morgan fingerprint density at radius 2 is 1.76 bits per heavy atom. The zero-order chi connectivity index (χ0) is 15.1. The van der Waals surface area contributed by atoms with Crippen molar-refractivity contribution in [3.63, 3.8) is 0 Å². The largest absolute Gasteiger partial charge is 0.492 e. The van der Waals surface area contributed by atoms with Gasteiger partial charge in [0, 0.05) is 15.8 Å². The Balaban J connectivity index is 1.67. The third kappa shape index (κ3) is 5.61. The molecule has 0 spiro atoms. The van der Waals surface area contributed by atoms with E-state index in [9.17, 15) is 0 Å². The second-order valence-electron chi connectivity index (χ2n) is 4.31. The minimum Gasteiger partial charge on any atom is -0.492 e. The van der Waals surface area contributed by atoms with Crippen LogP contribution in [0.3, 0.4) is 0 Å². The summed E-state index contributed by atoms with van der Waals surface area (Å²) in [6, 6.07) is 15.1. The molecule has 0 fully saturated rings. The molecule has 2 aromatic carbocycles. The molecule has 0 aliphatic rings. The highest BCUT2D eigenvalue weighted by Crippen LogP contribution is 2.15. The van der Waals surface area contributed by atoms with Crippen LogP contribution in [0.15, 0.2) is 53.0 Å². The molecule has 0 radical (unpaired) electrons. The van der Waals surface area contributed by atoms with Crippen LogP contribution in [-0.2, 0) is 0 Å². The quantitative estimate of drug-likeness (QED) is 0.430. The van der Waals surface area contributed by atoms with E-state index in [0.717, 1.165) is 21.6 Å². The lowest BCUT2D eigenvalue weighted by molar-refractivity contribution is 0.322. The number of nitrogens with one attached hydrogen (secondary N) is 2. The molecule has 4 nitrogen and oxygen atoms in total. The van der Waals surface area contributed by atoms with E-state index in [1.54, 1.807) is 0 Å². The van der Waals surface area contributed by atoms with E-state index in [-0.39, 0.29) is 0 Å². The van der Waals surface area contributed by atoms with Gasteiger partial charge in [0.05, 0.1) is 6.54 Å². The molecule has 0 unspecified atom stereocenters. The summed E-state index contributed by atoms with van der Waals surface area (Å²) in [4.78, 5) is 0. The first-order valence-corrected chi connectivity index (χ1v) is 7.62. The fourth-order valence-corrected chi connectivity index (χ4v) is 2.09. The van der Waals surface area contributed by atoms with Crippen LogP contribution >= 0.6 is 28.1 Å². The molecule has 0 amide bonds. The van der Waals surface area contributed by atoms with Crippen LogP contribution in [0.1, 0.15) is 0 Å². The van der Waals surface area contributed by atoms with Crippen LogP contribution in [0.4, 0.5) is 11.4 Å². The van der Waals surface area contributed by atoms with Crippen LogP contribution < -0.4 is 21.1 Å². The third-order valence-electron chi connectivity index (χ3n) is 2.64. The van der Waals surface area contributed by atoms with Gasteiger partial charge in [-0.25, -0.2) is 0 Å². The highest BCUT2D eigenvalue weighted by Gasteiger charge is 1.98. The van der Waals surface area contributed by atoms with Crippen molar-refractivity contribution in [2.75, 3.05) is 24.2 Å². The van der Waals surface area contributed by atoms with E-state index in [2.05, 4.69) is 26.6 Å². The molecule has 6 heteroatoms. The molecule has 0 saturated carbocycles. The summed E-state index contributed by atoms with van der Waals surface area (Å²) >= 11 is 8.58. The van der Waals surface area contributed by atoms with Crippen molar-refractivity contribution in [2.24, 2.45) is 0 Å². The van der Waals surface area contributed by atoms with Gasteiger partial charge in [0.2, 0.25) is 0 Å². The molecule has 0 atom stereocenters. The summed E-state index contributed by atoms with van der Waals surface area (Å²) in [6.45, 7) is 1.15. The Hall–Kier alpha value is -1.79. The highest BCUT2D eigenvalue weighted by atomic mass is 79.9. The topological polar surface area (TPSA) is 59.3 Å². The minimum absolute atomic E-state index is 0.533. The summed E-state index contributed by atoms with van der Waals surface area (Å²) in [5, 5.41) is 6.72. The molecule has 0 bridgehead atoms. The van der Waals surface area contributed by atoms with Crippen LogP contribution in [0, 0.1) is 0 Å². The molecule has 0 heterocycles. The van der Waals surface area contributed by atoms with Gasteiger partial charge in [0.15, 0.2) is 5.11 Å². The molecule has 0 aliphatic carbocycles. The van der Waals surface area contributed by atoms with E-state index >= 15 is 0 Å². The van der Waals surface area contributed by atoms with Crippen molar-refractivity contribution in [1.82, 2.24) is 5.32 Å². The summed E-state index contributed by atoms with van der Waals surface area (Å²) in [5.74, 6) is 0.831. The Bertz CT molecular complexity index is 587. The molecule has 0 saturated heterocycles. The normalized spacial score (nSPS) is 9.95. The standard InChI is InChI=1S/C15H16BrN3OS/c16-11-1-7-14(8-2-11)20-10-9-18-15(21)19-13-5-3-12(17)4-6-13/h1-8H,9-10,17H2,(H2,18,19,21). The first-order valence-electron chi connectivity index (χ1n) is 6.42. The van der Waals surface area contributed by atoms with Crippen molar-refractivity contribution >= 4 is 44.6 Å².